The van der Waals surface area contributed by atoms with E-state index in [0.29, 0.717) is 19.6 Å². The van der Waals surface area contributed by atoms with E-state index in [9.17, 15) is 9.59 Å². The summed E-state index contributed by atoms with van der Waals surface area (Å²) >= 11 is 0. The lowest BCUT2D eigenvalue weighted by atomic mass is 10.0. The second-order valence-corrected chi connectivity index (χ2v) is 5.66. The van der Waals surface area contributed by atoms with Crippen molar-refractivity contribution in [1.29, 1.82) is 0 Å². The Balaban J connectivity index is 2.23. The van der Waals surface area contributed by atoms with Gasteiger partial charge in [0.15, 0.2) is 0 Å². The van der Waals surface area contributed by atoms with Crippen molar-refractivity contribution in [2.45, 2.75) is 38.4 Å². The molecule has 6 heteroatoms. The molecule has 2 rings (SSSR count). The Kier molecular flexibility index (Phi) is 2.77. The molecule has 2 aliphatic heterocycles. The van der Waals surface area contributed by atoms with Gasteiger partial charge in [-0.25, -0.2) is 4.79 Å². The second kappa shape index (κ2) is 3.87. The van der Waals surface area contributed by atoms with E-state index in [4.69, 9.17) is 5.73 Å². The van der Waals surface area contributed by atoms with Crippen molar-refractivity contribution in [2.24, 2.45) is 5.73 Å². The normalized spacial score (nSPS) is 29.5. The molecule has 2 heterocycles. The van der Waals surface area contributed by atoms with Gasteiger partial charge in [-0.3, -0.25) is 4.79 Å². The van der Waals surface area contributed by atoms with Crippen LogP contribution in [-0.4, -0.2) is 59.0 Å². The summed E-state index contributed by atoms with van der Waals surface area (Å²) in [5, 5.41) is 3.09. The second-order valence-electron chi connectivity index (χ2n) is 5.66. The number of urea groups is 1. The molecule has 0 aromatic rings. The number of carbonyl (C=O) groups excluding carboxylic acids is 2. The number of amides is 3. The number of nitrogens with zero attached hydrogens (tertiary/aromatic N) is 2. The summed E-state index contributed by atoms with van der Waals surface area (Å²) in [6.45, 7) is 7.80. The maximum absolute atomic E-state index is 12.2. The topological polar surface area (TPSA) is 78.7 Å². The minimum absolute atomic E-state index is 0.00949. The largest absolute Gasteiger partial charge is 0.368 e. The van der Waals surface area contributed by atoms with Crippen molar-refractivity contribution in [1.82, 2.24) is 15.1 Å². The van der Waals surface area contributed by atoms with Crippen molar-refractivity contribution in [3.05, 3.63) is 0 Å². The minimum Gasteiger partial charge on any atom is -0.368 e. The van der Waals surface area contributed by atoms with E-state index in [2.05, 4.69) is 5.32 Å². The molecule has 0 unspecified atom stereocenters. The molecule has 0 aromatic carbocycles. The van der Waals surface area contributed by atoms with Crippen LogP contribution in [0.25, 0.3) is 0 Å². The number of nitrogens with two attached hydrogens (primary N) is 1. The summed E-state index contributed by atoms with van der Waals surface area (Å²) in [7, 11) is 0. The van der Waals surface area contributed by atoms with Gasteiger partial charge in [0.05, 0.1) is 6.04 Å². The molecule has 2 atom stereocenters. The third-order valence-electron chi connectivity index (χ3n) is 3.46. The van der Waals surface area contributed by atoms with E-state index in [0.717, 1.165) is 0 Å². The maximum atomic E-state index is 12.2. The van der Waals surface area contributed by atoms with Gasteiger partial charge in [0, 0.05) is 25.2 Å². The molecule has 3 N–H and O–H groups in total. The molecule has 2 fully saturated rings. The molecule has 0 spiro atoms. The zero-order valence-electron chi connectivity index (χ0n) is 10.6. The van der Waals surface area contributed by atoms with Gasteiger partial charge in [0.1, 0.15) is 6.04 Å². The Hall–Kier alpha value is -1.30. The van der Waals surface area contributed by atoms with Gasteiger partial charge in [0.2, 0.25) is 5.91 Å². The predicted molar refractivity (Wildman–Crippen MR) is 63.3 cm³/mol. The third-order valence-corrected chi connectivity index (χ3v) is 3.46. The van der Waals surface area contributed by atoms with Gasteiger partial charge in [-0.05, 0) is 20.8 Å². The standard InChI is InChI=1S/C11H20N4O2/c1-11(2,3)15-6-7-8(9(12)16)13-4-5-14(7)10(15)17/h7-8,13H,4-6H2,1-3H3,(H2,12,16)/t7-,8-/m1/s1. The van der Waals surface area contributed by atoms with Crippen LogP contribution in [0.3, 0.4) is 0 Å². The molecule has 0 bridgehead atoms. The van der Waals surface area contributed by atoms with E-state index in [1.54, 1.807) is 9.80 Å². The molecule has 6 nitrogen and oxygen atoms in total. The lowest BCUT2D eigenvalue weighted by Crippen LogP contribution is -2.61. The minimum atomic E-state index is -0.431. The Morgan fingerprint density at radius 3 is 2.65 bits per heavy atom. The highest BCUT2D eigenvalue weighted by Crippen LogP contribution is 2.27. The van der Waals surface area contributed by atoms with E-state index < -0.39 is 6.04 Å². The molecular weight excluding hydrogens is 220 g/mol. The van der Waals surface area contributed by atoms with Crippen LogP contribution in [0.4, 0.5) is 4.79 Å². The Bertz CT molecular complexity index is 350. The first-order valence-electron chi connectivity index (χ1n) is 5.93. The highest BCUT2D eigenvalue weighted by molar-refractivity contribution is 5.85. The smallest absolute Gasteiger partial charge is 0.320 e. The molecule has 3 amide bonds. The van der Waals surface area contributed by atoms with Crippen LogP contribution in [0.2, 0.25) is 0 Å². The zero-order chi connectivity index (χ0) is 12.8. The van der Waals surface area contributed by atoms with Crippen LogP contribution in [-0.2, 0) is 4.79 Å². The van der Waals surface area contributed by atoms with Gasteiger partial charge < -0.3 is 20.9 Å². The monoisotopic (exact) mass is 240 g/mol. The first-order valence-corrected chi connectivity index (χ1v) is 5.93. The number of nitrogens with one attached hydrogen (secondary N) is 1. The number of carbonyl (C=O) groups is 2. The SMILES string of the molecule is CC(C)(C)N1C[C@@H]2[C@H](C(N)=O)NCCN2C1=O. The fourth-order valence-electron chi connectivity index (χ4n) is 2.53. The highest BCUT2D eigenvalue weighted by atomic mass is 16.2. The van der Waals surface area contributed by atoms with Crippen molar-refractivity contribution < 1.29 is 9.59 Å². The molecule has 2 aliphatic rings. The van der Waals surface area contributed by atoms with Crippen LogP contribution in [0.1, 0.15) is 20.8 Å². The molecule has 17 heavy (non-hydrogen) atoms. The van der Waals surface area contributed by atoms with Crippen molar-refractivity contribution in [3.63, 3.8) is 0 Å². The van der Waals surface area contributed by atoms with Crippen LogP contribution < -0.4 is 11.1 Å². The zero-order valence-corrected chi connectivity index (χ0v) is 10.6. The quantitative estimate of drug-likeness (QED) is 0.639. The maximum Gasteiger partial charge on any atom is 0.320 e. The van der Waals surface area contributed by atoms with Crippen molar-refractivity contribution >= 4 is 11.9 Å². The summed E-state index contributed by atoms with van der Waals surface area (Å²) in [6, 6.07) is -0.553. The fourth-order valence-corrected chi connectivity index (χ4v) is 2.53. The van der Waals surface area contributed by atoms with Crippen LogP contribution in [0.15, 0.2) is 0 Å². The Morgan fingerprint density at radius 2 is 2.12 bits per heavy atom. The van der Waals surface area contributed by atoms with Gasteiger partial charge in [-0.2, -0.15) is 0 Å². The average molecular weight is 240 g/mol. The number of rotatable bonds is 1. The van der Waals surface area contributed by atoms with Crippen molar-refractivity contribution in [3.8, 4) is 0 Å². The summed E-state index contributed by atoms with van der Waals surface area (Å²) < 4.78 is 0. The fraction of sp³-hybridized carbons (Fsp3) is 0.818. The Morgan fingerprint density at radius 1 is 1.47 bits per heavy atom. The number of hydrogen-bond donors (Lipinski definition) is 2. The molecule has 2 saturated heterocycles. The van der Waals surface area contributed by atoms with Crippen LogP contribution in [0, 0.1) is 0 Å². The van der Waals surface area contributed by atoms with E-state index >= 15 is 0 Å². The molecular formula is C11H20N4O2. The number of hydrogen-bond acceptors (Lipinski definition) is 3. The third kappa shape index (κ3) is 1.97. The summed E-state index contributed by atoms with van der Waals surface area (Å²) in [5.41, 5.74) is 5.14. The van der Waals surface area contributed by atoms with Crippen molar-refractivity contribution in [2.75, 3.05) is 19.6 Å². The van der Waals surface area contributed by atoms with Gasteiger partial charge in [-0.1, -0.05) is 0 Å². The summed E-state index contributed by atoms with van der Waals surface area (Å²) in [5.74, 6) is -0.386. The van der Waals surface area contributed by atoms with Crippen LogP contribution in [0.5, 0.6) is 0 Å². The van der Waals surface area contributed by atoms with E-state index in [-0.39, 0.29) is 23.5 Å². The van der Waals surface area contributed by atoms with E-state index in [1.807, 2.05) is 20.8 Å². The first kappa shape index (κ1) is 12.2. The summed E-state index contributed by atoms with van der Waals surface area (Å²) in [4.78, 5) is 27.2. The van der Waals surface area contributed by atoms with Crippen LogP contribution >= 0.6 is 0 Å². The van der Waals surface area contributed by atoms with Gasteiger partial charge >= 0.3 is 6.03 Å². The number of piperazine rings is 1. The lowest BCUT2D eigenvalue weighted by molar-refractivity contribution is -0.121. The van der Waals surface area contributed by atoms with Gasteiger partial charge in [-0.15, -0.1) is 0 Å². The Labute approximate surface area is 101 Å². The van der Waals surface area contributed by atoms with E-state index in [1.165, 1.54) is 0 Å². The summed E-state index contributed by atoms with van der Waals surface area (Å²) in [6.07, 6.45) is 0. The number of primary amides is 1. The average Bonchev–Trinajstić information content (AvgIpc) is 2.55. The number of fused-ring (bicyclic) bond motifs is 1. The molecule has 0 aromatic heterocycles. The molecule has 0 radical (unpaired) electrons. The van der Waals surface area contributed by atoms with Gasteiger partial charge in [0.25, 0.3) is 0 Å². The lowest BCUT2D eigenvalue weighted by Gasteiger charge is -2.34. The first-order chi connectivity index (χ1) is 7.82. The highest BCUT2D eigenvalue weighted by Gasteiger charge is 2.48. The predicted octanol–water partition coefficient (Wildman–Crippen LogP) is -0.652. The molecule has 0 aliphatic carbocycles. The molecule has 96 valence electrons. The molecule has 0 saturated carbocycles.